The number of aromatic nitrogens is 4. The number of pyridine rings is 2. The van der Waals surface area contributed by atoms with E-state index in [4.69, 9.17) is 26.1 Å². The van der Waals surface area contributed by atoms with Crippen molar-refractivity contribution in [1.82, 2.24) is 24.4 Å². The number of carbonyl (C=O) groups excluding carboxylic acids is 2. The van der Waals surface area contributed by atoms with Crippen molar-refractivity contribution in [3.63, 3.8) is 0 Å². The van der Waals surface area contributed by atoms with Crippen LogP contribution in [0, 0.1) is 12.7 Å². The molecular formula is C31H30ClFN6O5. The van der Waals surface area contributed by atoms with Gasteiger partial charge in [-0.1, -0.05) is 37.6 Å². The van der Waals surface area contributed by atoms with Crippen LogP contribution in [0.25, 0.3) is 28.0 Å². The molecule has 1 aromatic carbocycles. The van der Waals surface area contributed by atoms with Crippen molar-refractivity contribution in [3.8, 4) is 16.9 Å². The Hall–Kier alpha value is -4.42. The Kier molecular flexibility index (Phi) is 7.80. The van der Waals surface area contributed by atoms with E-state index >= 15 is 0 Å². The molecule has 0 N–H and O–H groups in total. The second kappa shape index (κ2) is 11.6. The average Bonchev–Trinajstić information content (AvgIpc) is 3.83. The van der Waals surface area contributed by atoms with Gasteiger partial charge in [-0.05, 0) is 49.6 Å². The fraction of sp³-hybridized carbons (Fsp3) is 0.355. The molecule has 11 nitrogen and oxygen atoms in total. The van der Waals surface area contributed by atoms with Crippen LogP contribution in [-0.2, 0) is 14.3 Å². The number of benzene rings is 1. The number of hydrogen-bond donors (Lipinski definition) is 0. The molecular weight excluding hydrogens is 591 g/mol. The number of ether oxygens (including phenoxy) is 2. The number of epoxide rings is 1. The van der Waals surface area contributed by atoms with Crippen LogP contribution in [0.15, 0.2) is 47.4 Å². The van der Waals surface area contributed by atoms with E-state index in [-0.39, 0.29) is 60.1 Å². The van der Waals surface area contributed by atoms with Crippen LogP contribution in [-0.4, -0.2) is 74.9 Å². The van der Waals surface area contributed by atoms with Crippen molar-refractivity contribution in [1.29, 1.82) is 0 Å². The summed E-state index contributed by atoms with van der Waals surface area (Å²) in [5.41, 5.74) is 2.04. The first-order chi connectivity index (χ1) is 21.0. The lowest BCUT2D eigenvalue weighted by atomic mass is 10.0. The minimum absolute atomic E-state index is 0.0314. The summed E-state index contributed by atoms with van der Waals surface area (Å²) in [6, 6.07) is 9.29. The van der Waals surface area contributed by atoms with Crippen molar-refractivity contribution in [2.24, 2.45) is 0 Å². The number of esters is 1. The molecule has 13 heteroatoms. The first-order valence-corrected chi connectivity index (χ1v) is 14.7. The molecule has 3 aromatic heterocycles. The number of piperazine rings is 1. The van der Waals surface area contributed by atoms with E-state index in [0.29, 0.717) is 22.6 Å². The molecule has 2 aliphatic heterocycles. The monoisotopic (exact) mass is 620 g/mol. The third kappa shape index (κ3) is 5.39. The summed E-state index contributed by atoms with van der Waals surface area (Å²) >= 11 is 6.77. The molecule has 0 saturated carbocycles. The number of carbonyl (C=O) groups is 2. The topological polar surface area (TPSA) is 123 Å². The summed E-state index contributed by atoms with van der Waals surface area (Å²) in [5.74, 6) is -0.921. The number of aryl methyl sites for hydroxylation is 1. The lowest BCUT2D eigenvalue weighted by Gasteiger charge is -2.40. The number of halogens is 2. The van der Waals surface area contributed by atoms with Crippen molar-refractivity contribution in [2.45, 2.75) is 45.8 Å². The highest BCUT2D eigenvalue weighted by atomic mass is 35.5. The zero-order valence-electron chi connectivity index (χ0n) is 24.6. The summed E-state index contributed by atoms with van der Waals surface area (Å²) in [5, 5.41) is 0.648. The number of amides is 1. The molecule has 2 atom stereocenters. The first-order valence-electron chi connectivity index (χ1n) is 14.3. The van der Waals surface area contributed by atoms with Crippen LogP contribution in [0.5, 0.6) is 0 Å². The molecule has 2 fully saturated rings. The molecule has 228 valence electrons. The molecule has 0 radical (unpaired) electrons. The lowest BCUT2D eigenvalue weighted by Crippen LogP contribution is -2.54. The van der Waals surface area contributed by atoms with Gasteiger partial charge in [-0.25, -0.2) is 28.3 Å². The summed E-state index contributed by atoms with van der Waals surface area (Å²) in [7, 11) is 0. The highest BCUT2D eigenvalue weighted by Gasteiger charge is 2.37. The van der Waals surface area contributed by atoms with Gasteiger partial charge in [-0.15, -0.1) is 0 Å². The Labute approximate surface area is 257 Å². The molecule has 5 heterocycles. The number of hydrogen-bond acceptors (Lipinski definition) is 9. The highest BCUT2D eigenvalue weighted by Crippen LogP contribution is 2.36. The van der Waals surface area contributed by atoms with Gasteiger partial charge in [0.15, 0.2) is 11.8 Å². The largest absolute Gasteiger partial charge is 0.417 e. The highest BCUT2D eigenvalue weighted by molar-refractivity contribution is 6.33. The smallest absolute Gasteiger partial charge is 0.374 e. The second-order valence-electron chi connectivity index (χ2n) is 11.2. The summed E-state index contributed by atoms with van der Waals surface area (Å²) in [6.07, 6.45) is 0.249. The molecule has 2 saturated heterocycles. The second-order valence-corrected chi connectivity index (χ2v) is 11.6. The van der Waals surface area contributed by atoms with E-state index in [2.05, 4.69) is 9.97 Å². The van der Waals surface area contributed by atoms with Crippen molar-refractivity contribution >= 4 is 40.5 Å². The Balaban J connectivity index is 1.49. The summed E-state index contributed by atoms with van der Waals surface area (Å²) in [4.78, 5) is 55.8. The van der Waals surface area contributed by atoms with Gasteiger partial charge in [0.1, 0.15) is 11.6 Å². The lowest BCUT2D eigenvalue weighted by molar-refractivity contribution is -0.139. The van der Waals surface area contributed by atoms with Crippen molar-refractivity contribution in [2.75, 3.05) is 31.1 Å². The van der Waals surface area contributed by atoms with Gasteiger partial charge in [-0.2, -0.15) is 4.98 Å². The van der Waals surface area contributed by atoms with E-state index in [1.807, 2.05) is 38.7 Å². The van der Waals surface area contributed by atoms with E-state index in [0.717, 1.165) is 5.56 Å². The Morgan fingerprint density at radius 1 is 1.16 bits per heavy atom. The van der Waals surface area contributed by atoms with E-state index in [1.54, 1.807) is 30.5 Å². The number of fused-ring (bicyclic) bond motifs is 1. The third-order valence-electron chi connectivity index (χ3n) is 7.80. The molecule has 4 aromatic rings. The predicted molar refractivity (Wildman–Crippen MR) is 162 cm³/mol. The molecule has 0 aliphatic carbocycles. The summed E-state index contributed by atoms with van der Waals surface area (Å²) < 4.78 is 26.2. The zero-order valence-corrected chi connectivity index (χ0v) is 25.3. The Bertz CT molecular complexity index is 1860. The van der Waals surface area contributed by atoms with Gasteiger partial charge < -0.3 is 19.3 Å². The Morgan fingerprint density at radius 3 is 2.59 bits per heavy atom. The molecule has 44 heavy (non-hydrogen) atoms. The maximum atomic E-state index is 15.0. The maximum Gasteiger partial charge on any atom is 0.417 e. The average molecular weight is 621 g/mol. The van der Waals surface area contributed by atoms with Gasteiger partial charge in [0.2, 0.25) is 0 Å². The standard InChI is InChI=1S/C31H30ClFN6O5/c1-16(2)24-26(17(3)9-10-34-24)39-28-20(13-21(32)25(35-28)19-7-5-6-8-22(19)33)27(36-30(39)41)38-12-11-37(14-18(38)4)31(42)44-29(40)23-15-43-23/h5-10,13,16,18,23H,11-12,14-15H2,1-4H3. The van der Waals surface area contributed by atoms with Gasteiger partial charge in [0.25, 0.3) is 0 Å². The van der Waals surface area contributed by atoms with Gasteiger partial charge >= 0.3 is 17.8 Å². The van der Waals surface area contributed by atoms with Crippen LogP contribution in [0.4, 0.5) is 15.0 Å². The molecule has 2 aliphatic rings. The van der Waals surface area contributed by atoms with Gasteiger partial charge in [-0.3, -0.25) is 4.98 Å². The number of rotatable bonds is 5. The maximum absolute atomic E-state index is 15.0. The molecule has 0 spiro atoms. The van der Waals surface area contributed by atoms with Gasteiger partial charge in [0, 0.05) is 37.4 Å². The van der Waals surface area contributed by atoms with E-state index in [1.165, 1.54) is 15.5 Å². The molecule has 6 rings (SSSR count). The van der Waals surface area contributed by atoms with Crippen LogP contribution >= 0.6 is 11.6 Å². The molecule has 0 bridgehead atoms. The fourth-order valence-corrected chi connectivity index (χ4v) is 5.74. The quantitative estimate of drug-likeness (QED) is 0.178. The summed E-state index contributed by atoms with van der Waals surface area (Å²) in [6.45, 7) is 8.65. The first kappa shape index (κ1) is 29.6. The minimum atomic E-state index is -0.752. The van der Waals surface area contributed by atoms with Crippen molar-refractivity contribution < 1.29 is 23.5 Å². The van der Waals surface area contributed by atoms with Crippen LogP contribution in [0.1, 0.15) is 37.9 Å². The fourth-order valence-electron chi connectivity index (χ4n) is 5.49. The van der Waals surface area contributed by atoms with Crippen LogP contribution in [0.3, 0.4) is 0 Å². The Morgan fingerprint density at radius 2 is 1.91 bits per heavy atom. The van der Waals surface area contributed by atoms with Gasteiger partial charge in [0.05, 0.1) is 34.1 Å². The van der Waals surface area contributed by atoms with Crippen molar-refractivity contribution in [3.05, 3.63) is 75.2 Å². The predicted octanol–water partition coefficient (Wildman–Crippen LogP) is 4.64. The number of anilines is 1. The normalized spacial score (nSPS) is 18.2. The minimum Gasteiger partial charge on any atom is -0.374 e. The van der Waals surface area contributed by atoms with Crippen LogP contribution < -0.4 is 10.6 Å². The number of nitrogens with zero attached hydrogens (tertiary/aromatic N) is 6. The third-order valence-corrected chi connectivity index (χ3v) is 8.09. The van der Waals surface area contributed by atoms with Crippen LogP contribution in [0.2, 0.25) is 5.02 Å². The van der Waals surface area contributed by atoms with E-state index in [9.17, 15) is 18.8 Å². The SMILES string of the molecule is Cc1ccnc(C(C)C)c1-n1c(=O)nc(N2CCN(C(=O)OC(=O)C3CO3)CC2C)c2cc(Cl)c(-c3ccccc3F)nc21. The molecule has 1 amide bonds. The zero-order chi connectivity index (χ0) is 31.3. The van der Waals surface area contributed by atoms with E-state index < -0.39 is 29.7 Å². The molecule has 2 unspecified atom stereocenters.